The Morgan fingerprint density at radius 1 is 1.33 bits per heavy atom. The predicted octanol–water partition coefficient (Wildman–Crippen LogP) is 5.58. The minimum absolute atomic E-state index is 0.0139. The molecule has 1 aromatic carbocycles. The summed E-state index contributed by atoms with van der Waals surface area (Å²) in [5.41, 5.74) is 1.84. The molecule has 1 saturated carbocycles. The Morgan fingerprint density at radius 2 is 2.00 bits per heavy atom. The molecule has 1 fully saturated rings. The molecule has 33 heavy (non-hydrogen) atoms. The molecule has 1 aromatic heterocycles. The second-order valence-corrected chi connectivity index (χ2v) is 11.2. The van der Waals surface area contributed by atoms with E-state index in [4.69, 9.17) is 4.98 Å². The zero-order chi connectivity index (χ0) is 23.9. The molecule has 0 aliphatic heterocycles. The summed E-state index contributed by atoms with van der Waals surface area (Å²) in [4.78, 5) is 21.1. The van der Waals surface area contributed by atoms with Crippen molar-refractivity contribution in [3.8, 4) is 0 Å². The van der Waals surface area contributed by atoms with E-state index in [1.54, 1.807) is 23.5 Å². The van der Waals surface area contributed by atoms with Gasteiger partial charge >= 0.3 is 0 Å². The number of aliphatic hydroxyl groups is 1. The molecular weight excluding hydrogens is 437 g/mol. The van der Waals surface area contributed by atoms with Gasteiger partial charge in [-0.1, -0.05) is 20.8 Å². The Kier molecular flexibility index (Phi) is 6.83. The highest BCUT2D eigenvalue weighted by molar-refractivity contribution is 7.15. The summed E-state index contributed by atoms with van der Waals surface area (Å²) in [6.07, 6.45) is 2.22. The summed E-state index contributed by atoms with van der Waals surface area (Å²) in [5, 5.41) is 15.7. The van der Waals surface area contributed by atoms with E-state index < -0.39 is 6.10 Å². The first-order chi connectivity index (χ1) is 15.7. The maximum absolute atomic E-state index is 13.2. The number of nitrogens with zero attached hydrogens (tertiary/aromatic N) is 2. The molecule has 1 amide bonds. The van der Waals surface area contributed by atoms with Crippen LogP contribution >= 0.6 is 11.3 Å². The first kappa shape index (κ1) is 24.1. The van der Waals surface area contributed by atoms with Crippen LogP contribution in [0.15, 0.2) is 24.3 Å². The third-order valence-electron chi connectivity index (χ3n) is 8.12. The van der Waals surface area contributed by atoms with Crippen molar-refractivity contribution in [1.29, 1.82) is 0 Å². The lowest BCUT2D eigenvalue weighted by Gasteiger charge is -2.53. The van der Waals surface area contributed by atoms with E-state index in [2.05, 4.69) is 19.2 Å². The van der Waals surface area contributed by atoms with Gasteiger partial charge < -0.3 is 15.3 Å². The lowest BCUT2D eigenvalue weighted by molar-refractivity contribution is -0.144. The summed E-state index contributed by atoms with van der Waals surface area (Å²) in [5.74, 6) is -0.165. The summed E-state index contributed by atoms with van der Waals surface area (Å²) < 4.78 is 13.2. The second kappa shape index (κ2) is 9.34. The Labute approximate surface area is 200 Å². The fraction of sp³-hybridized carbons (Fsp3) is 0.615. The van der Waals surface area contributed by atoms with Crippen LogP contribution < -0.4 is 5.32 Å². The third-order valence-corrected chi connectivity index (χ3v) is 9.11. The number of carbonyl (C=O) groups is 1. The molecule has 1 heterocycles. The Bertz CT molecular complexity index is 990. The van der Waals surface area contributed by atoms with Crippen molar-refractivity contribution in [3.63, 3.8) is 0 Å². The molecule has 0 spiro atoms. The van der Waals surface area contributed by atoms with Gasteiger partial charge in [-0.15, -0.1) is 11.3 Å². The lowest BCUT2D eigenvalue weighted by atomic mass is 9.53. The van der Waals surface area contributed by atoms with E-state index >= 15 is 0 Å². The maximum Gasteiger partial charge on any atom is 0.225 e. The fourth-order valence-corrected chi connectivity index (χ4v) is 7.55. The average molecular weight is 474 g/mol. The minimum Gasteiger partial charge on any atom is -0.392 e. The van der Waals surface area contributed by atoms with E-state index in [9.17, 15) is 14.3 Å². The largest absolute Gasteiger partial charge is 0.392 e. The molecule has 0 bridgehead atoms. The topological polar surface area (TPSA) is 65.5 Å². The molecule has 0 radical (unpaired) electrons. The van der Waals surface area contributed by atoms with Crippen LogP contribution in [0.1, 0.15) is 63.9 Å². The highest BCUT2D eigenvalue weighted by Crippen LogP contribution is 2.57. The Hall–Kier alpha value is -1.99. The predicted molar refractivity (Wildman–Crippen MR) is 131 cm³/mol. The Balaban J connectivity index is 1.57. The smallest absolute Gasteiger partial charge is 0.225 e. The van der Waals surface area contributed by atoms with Gasteiger partial charge in [-0.3, -0.25) is 4.79 Å². The van der Waals surface area contributed by atoms with Crippen molar-refractivity contribution >= 4 is 28.1 Å². The maximum atomic E-state index is 13.2. The first-order valence-electron chi connectivity index (χ1n) is 12.2. The van der Waals surface area contributed by atoms with Gasteiger partial charge in [0, 0.05) is 35.5 Å². The van der Waals surface area contributed by atoms with E-state index in [1.165, 1.54) is 17.0 Å². The zero-order valence-corrected chi connectivity index (χ0v) is 21.1. The van der Waals surface area contributed by atoms with Gasteiger partial charge in [-0.05, 0) is 74.6 Å². The average Bonchev–Trinajstić information content (AvgIpc) is 3.17. The molecule has 5 nitrogen and oxygen atoms in total. The van der Waals surface area contributed by atoms with Crippen molar-refractivity contribution in [3.05, 3.63) is 40.7 Å². The van der Waals surface area contributed by atoms with E-state index in [1.807, 2.05) is 25.7 Å². The quantitative estimate of drug-likeness (QED) is 0.575. The standard InChI is InChI=1S/C26H36FN3O2S/c1-6-30(7-2)24(32)15(3)19-12-13-26(5)14-20-22(16(4)21(26)23(19)31)29-25(33-20)28-18-10-8-17(27)9-11-18/h8-11,15-16,19,21,23,31H,6-7,12-14H2,1-5H3,(H,28,29)/t15-,16-,19?,21+,23-,26-/m0/s1. The normalized spacial score (nSPS) is 29.7. The van der Waals surface area contributed by atoms with Crippen LogP contribution in [0, 0.1) is 29.0 Å². The number of fused-ring (bicyclic) bond motifs is 2. The van der Waals surface area contributed by atoms with E-state index in [0.717, 1.165) is 35.8 Å². The number of amides is 1. The van der Waals surface area contributed by atoms with Crippen LogP contribution in [0.3, 0.4) is 0 Å². The number of carbonyl (C=O) groups excluding carboxylic acids is 1. The van der Waals surface area contributed by atoms with Crippen LogP contribution in [0.4, 0.5) is 15.2 Å². The van der Waals surface area contributed by atoms with Gasteiger partial charge in [0.2, 0.25) is 5.91 Å². The van der Waals surface area contributed by atoms with Crippen molar-refractivity contribution in [1.82, 2.24) is 9.88 Å². The van der Waals surface area contributed by atoms with Crippen molar-refractivity contribution < 1.29 is 14.3 Å². The molecule has 4 rings (SSSR count). The molecule has 2 aliphatic rings. The molecular formula is C26H36FN3O2S. The highest BCUT2D eigenvalue weighted by atomic mass is 32.1. The van der Waals surface area contributed by atoms with Crippen molar-refractivity contribution in [2.45, 2.75) is 65.9 Å². The van der Waals surface area contributed by atoms with Gasteiger partial charge in [0.15, 0.2) is 5.13 Å². The van der Waals surface area contributed by atoms with Crippen molar-refractivity contribution in [2.24, 2.45) is 23.2 Å². The van der Waals surface area contributed by atoms with Gasteiger partial charge in [0.25, 0.3) is 0 Å². The summed E-state index contributed by atoms with van der Waals surface area (Å²) >= 11 is 1.66. The Morgan fingerprint density at radius 3 is 2.64 bits per heavy atom. The molecule has 6 atom stereocenters. The fourth-order valence-electron chi connectivity index (χ4n) is 6.26. The van der Waals surface area contributed by atoms with Crippen LogP contribution in [-0.2, 0) is 11.2 Å². The highest BCUT2D eigenvalue weighted by Gasteiger charge is 2.54. The molecule has 7 heteroatoms. The molecule has 180 valence electrons. The molecule has 2 aromatic rings. The number of nitrogens with one attached hydrogen (secondary N) is 1. The summed E-state index contributed by atoms with van der Waals surface area (Å²) in [7, 11) is 0. The molecule has 0 saturated heterocycles. The first-order valence-corrected chi connectivity index (χ1v) is 13.0. The van der Waals surface area contributed by atoms with Crippen LogP contribution in [0.5, 0.6) is 0 Å². The third kappa shape index (κ3) is 4.42. The van der Waals surface area contributed by atoms with Gasteiger partial charge in [0.1, 0.15) is 5.82 Å². The second-order valence-electron chi connectivity index (χ2n) is 10.1. The van der Waals surface area contributed by atoms with Gasteiger partial charge in [-0.2, -0.15) is 0 Å². The number of aromatic nitrogens is 1. The minimum atomic E-state index is -0.531. The van der Waals surface area contributed by atoms with Crippen LogP contribution in [0.25, 0.3) is 0 Å². The summed E-state index contributed by atoms with van der Waals surface area (Å²) in [6, 6.07) is 6.29. The number of anilines is 2. The van der Waals surface area contributed by atoms with Crippen LogP contribution in [0.2, 0.25) is 0 Å². The van der Waals surface area contributed by atoms with E-state index in [-0.39, 0.29) is 40.8 Å². The number of thiazole rings is 1. The van der Waals surface area contributed by atoms with Gasteiger partial charge in [0.05, 0.1) is 11.8 Å². The van der Waals surface area contributed by atoms with Crippen molar-refractivity contribution in [2.75, 3.05) is 18.4 Å². The zero-order valence-electron chi connectivity index (χ0n) is 20.3. The lowest BCUT2D eigenvalue weighted by Crippen LogP contribution is -2.53. The van der Waals surface area contributed by atoms with Crippen LogP contribution in [-0.4, -0.2) is 40.1 Å². The van der Waals surface area contributed by atoms with E-state index in [0.29, 0.717) is 13.1 Å². The molecule has 2 aliphatic carbocycles. The molecule has 1 unspecified atom stereocenters. The number of hydrogen-bond donors (Lipinski definition) is 2. The monoisotopic (exact) mass is 473 g/mol. The molecule has 2 N–H and O–H groups in total. The SMILES string of the molecule is CCN(CC)C(=O)[C@@H](C)C1CC[C@@]2(C)Cc3sc(Nc4ccc(F)cc4)nc3[C@@H](C)[C@@H]2[C@H]1O. The number of rotatable bonds is 6. The summed E-state index contributed by atoms with van der Waals surface area (Å²) in [6.45, 7) is 11.9. The number of aliphatic hydroxyl groups excluding tert-OH is 1. The number of hydrogen-bond acceptors (Lipinski definition) is 5. The van der Waals surface area contributed by atoms with Gasteiger partial charge in [-0.25, -0.2) is 9.37 Å². The number of halogens is 1. The number of benzene rings is 1.